The Hall–Kier alpha value is -0.820. The predicted octanol–water partition coefficient (Wildman–Crippen LogP) is 2.27. The highest BCUT2D eigenvalue weighted by molar-refractivity contribution is 5.09. The van der Waals surface area contributed by atoms with Crippen LogP contribution in [0.2, 0.25) is 0 Å². The molecule has 4 atom stereocenters. The maximum absolute atomic E-state index is 9.89. The van der Waals surface area contributed by atoms with Crippen molar-refractivity contribution >= 4 is 0 Å². The smallest absolute Gasteiger partial charge is 0.0788 e. The second-order valence-electron chi connectivity index (χ2n) is 5.51. The summed E-state index contributed by atoms with van der Waals surface area (Å²) in [5.41, 5.74) is 1.11. The summed E-state index contributed by atoms with van der Waals surface area (Å²) in [6, 6.07) is 0. The van der Waals surface area contributed by atoms with E-state index in [1.165, 1.54) is 0 Å². The molecule has 1 unspecified atom stereocenters. The zero-order chi connectivity index (χ0) is 14.3. The first kappa shape index (κ1) is 16.2. The number of rotatable bonds is 8. The molecule has 0 aromatic heterocycles. The van der Waals surface area contributed by atoms with Crippen LogP contribution >= 0.6 is 0 Å². The van der Waals surface area contributed by atoms with Crippen LogP contribution in [0.4, 0.5) is 0 Å². The molecule has 1 saturated heterocycles. The van der Waals surface area contributed by atoms with Gasteiger partial charge < -0.3 is 14.9 Å². The number of hydrogen-bond acceptors (Lipinski definition) is 3. The van der Waals surface area contributed by atoms with Gasteiger partial charge in [0.2, 0.25) is 0 Å². The molecule has 0 bridgehead atoms. The highest BCUT2D eigenvalue weighted by atomic mass is 16.5. The van der Waals surface area contributed by atoms with Crippen molar-refractivity contribution in [2.45, 2.75) is 63.8 Å². The summed E-state index contributed by atoms with van der Waals surface area (Å²) in [7, 11) is 0. The minimum Gasteiger partial charge on any atom is -0.396 e. The first-order valence-electron chi connectivity index (χ1n) is 7.15. The molecule has 108 valence electrons. The predicted molar refractivity (Wildman–Crippen MR) is 76.6 cm³/mol. The Bertz CT molecular complexity index is 318. The van der Waals surface area contributed by atoms with Gasteiger partial charge in [0.25, 0.3) is 0 Å². The molecule has 1 aliphatic heterocycles. The van der Waals surface area contributed by atoms with Crippen molar-refractivity contribution in [3.63, 3.8) is 0 Å². The Morgan fingerprint density at radius 1 is 1.53 bits per heavy atom. The Morgan fingerprint density at radius 2 is 2.26 bits per heavy atom. The van der Waals surface area contributed by atoms with Crippen LogP contribution in [-0.4, -0.2) is 35.1 Å². The van der Waals surface area contributed by atoms with Crippen molar-refractivity contribution in [3.05, 3.63) is 12.2 Å². The molecule has 3 heteroatoms. The van der Waals surface area contributed by atoms with Gasteiger partial charge in [-0.15, -0.1) is 12.3 Å². The van der Waals surface area contributed by atoms with Crippen molar-refractivity contribution in [1.82, 2.24) is 0 Å². The summed E-state index contributed by atoms with van der Waals surface area (Å²) in [6.07, 6.45) is 9.85. The average Bonchev–Trinajstić information content (AvgIpc) is 2.74. The van der Waals surface area contributed by atoms with Gasteiger partial charge in [-0.25, -0.2) is 0 Å². The van der Waals surface area contributed by atoms with E-state index in [0.29, 0.717) is 12.8 Å². The molecule has 3 nitrogen and oxygen atoms in total. The van der Waals surface area contributed by atoms with Crippen LogP contribution in [0.1, 0.15) is 45.4 Å². The summed E-state index contributed by atoms with van der Waals surface area (Å²) in [5, 5.41) is 18.7. The monoisotopic (exact) mass is 266 g/mol. The van der Waals surface area contributed by atoms with Gasteiger partial charge in [-0.05, 0) is 44.1 Å². The normalized spacial score (nSPS) is 26.1. The van der Waals surface area contributed by atoms with E-state index in [1.807, 2.05) is 6.92 Å². The topological polar surface area (TPSA) is 49.7 Å². The highest BCUT2D eigenvalue weighted by Gasteiger charge is 2.28. The Balaban J connectivity index is 2.26. The van der Waals surface area contributed by atoms with Gasteiger partial charge in [-0.3, -0.25) is 0 Å². The Labute approximate surface area is 116 Å². The molecule has 0 spiro atoms. The van der Waals surface area contributed by atoms with E-state index in [4.69, 9.17) is 16.3 Å². The Morgan fingerprint density at radius 3 is 2.89 bits per heavy atom. The summed E-state index contributed by atoms with van der Waals surface area (Å²) in [4.78, 5) is 0. The van der Waals surface area contributed by atoms with Gasteiger partial charge >= 0.3 is 0 Å². The van der Waals surface area contributed by atoms with Crippen LogP contribution in [0.25, 0.3) is 0 Å². The molecule has 1 aliphatic rings. The third-order valence-corrected chi connectivity index (χ3v) is 3.66. The average molecular weight is 266 g/mol. The van der Waals surface area contributed by atoms with E-state index < -0.39 is 0 Å². The molecule has 0 radical (unpaired) electrons. The fourth-order valence-corrected chi connectivity index (χ4v) is 2.50. The molecular formula is C16H26O3. The zero-order valence-corrected chi connectivity index (χ0v) is 11.8. The molecule has 0 aromatic carbocycles. The van der Waals surface area contributed by atoms with Gasteiger partial charge in [0.15, 0.2) is 0 Å². The van der Waals surface area contributed by atoms with Gasteiger partial charge in [0.05, 0.1) is 18.3 Å². The number of hydrogen-bond donors (Lipinski definition) is 2. The lowest BCUT2D eigenvalue weighted by Gasteiger charge is -2.17. The van der Waals surface area contributed by atoms with Gasteiger partial charge in [0, 0.05) is 12.5 Å². The minimum atomic E-state index is -0.362. The number of terminal acetylenes is 1. The van der Waals surface area contributed by atoms with E-state index in [0.717, 1.165) is 31.3 Å². The van der Waals surface area contributed by atoms with Crippen LogP contribution in [0.15, 0.2) is 12.2 Å². The van der Waals surface area contributed by atoms with E-state index in [1.54, 1.807) is 0 Å². The van der Waals surface area contributed by atoms with Crippen molar-refractivity contribution < 1.29 is 14.9 Å². The molecule has 1 heterocycles. The third-order valence-electron chi connectivity index (χ3n) is 3.66. The molecule has 0 aromatic rings. The summed E-state index contributed by atoms with van der Waals surface area (Å²) < 4.78 is 5.90. The molecule has 0 saturated carbocycles. The van der Waals surface area contributed by atoms with Gasteiger partial charge in [-0.1, -0.05) is 13.5 Å². The largest absolute Gasteiger partial charge is 0.396 e. The first-order valence-corrected chi connectivity index (χ1v) is 7.15. The standard InChI is InChI=1S/C16H26O3/c1-4-12(2)10-14(18)7-8-16-13(3)11-15(19-16)6-5-9-17/h1,12,14-18H,3,5-11H2,2H3/t12-,14+,15?,16-/m0/s1. The van der Waals surface area contributed by atoms with Crippen LogP contribution in [0.3, 0.4) is 0 Å². The second-order valence-corrected chi connectivity index (χ2v) is 5.51. The van der Waals surface area contributed by atoms with E-state index >= 15 is 0 Å². The van der Waals surface area contributed by atoms with Gasteiger partial charge in [0.1, 0.15) is 0 Å². The molecule has 19 heavy (non-hydrogen) atoms. The molecule has 1 fully saturated rings. The summed E-state index contributed by atoms with van der Waals surface area (Å²) >= 11 is 0. The van der Waals surface area contributed by atoms with Crippen LogP contribution in [0.5, 0.6) is 0 Å². The maximum Gasteiger partial charge on any atom is 0.0788 e. The maximum atomic E-state index is 9.89. The minimum absolute atomic E-state index is 0.0551. The first-order chi connectivity index (χ1) is 9.06. The van der Waals surface area contributed by atoms with E-state index in [2.05, 4.69) is 12.5 Å². The summed E-state index contributed by atoms with van der Waals surface area (Å²) in [5.74, 6) is 2.74. The van der Waals surface area contributed by atoms with Gasteiger partial charge in [-0.2, -0.15) is 0 Å². The van der Waals surface area contributed by atoms with Crippen molar-refractivity contribution in [3.8, 4) is 12.3 Å². The van der Waals surface area contributed by atoms with Crippen molar-refractivity contribution in [2.24, 2.45) is 5.92 Å². The number of aliphatic hydroxyl groups is 2. The quantitative estimate of drug-likeness (QED) is 0.523. The molecular weight excluding hydrogens is 240 g/mol. The number of ether oxygens (including phenoxy) is 1. The number of aliphatic hydroxyl groups excluding tert-OH is 2. The molecule has 0 amide bonds. The van der Waals surface area contributed by atoms with Crippen molar-refractivity contribution in [1.29, 1.82) is 0 Å². The second kappa shape index (κ2) is 8.37. The van der Waals surface area contributed by atoms with E-state index in [-0.39, 0.29) is 30.8 Å². The van der Waals surface area contributed by atoms with Crippen LogP contribution < -0.4 is 0 Å². The fraction of sp³-hybridized carbons (Fsp3) is 0.750. The molecule has 2 N–H and O–H groups in total. The van der Waals surface area contributed by atoms with E-state index in [9.17, 15) is 5.11 Å². The van der Waals surface area contributed by atoms with Crippen molar-refractivity contribution in [2.75, 3.05) is 6.61 Å². The molecule has 0 aliphatic carbocycles. The van der Waals surface area contributed by atoms with Crippen LogP contribution in [0, 0.1) is 18.3 Å². The lowest BCUT2D eigenvalue weighted by molar-refractivity contribution is 0.0293. The molecule has 1 rings (SSSR count). The lowest BCUT2D eigenvalue weighted by Crippen LogP contribution is -2.17. The third kappa shape index (κ3) is 5.78. The van der Waals surface area contributed by atoms with Crippen LogP contribution in [-0.2, 0) is 4.74 Å². The summed E-state index contributed by atoms with van der Waals surface area (Å²) in [6.45, 7) is 6.20. The lowest BCUT2D eigenvalue weighted by atomic mass is 9.97. The Kier molecular flexibility index (Phi) is 7.15. The highest BCUT2D eigenvalue weighted by Crippen LogP contribution is 2.30. The SMILES string of the molecule is C#C[C@H](C)C[C@H](O)CC[C@@H]1OC(CCCO)CC1=C. The zero-order valence-electron chi connectivity index (χ0n) is 11.8. The fourth-order valence-electron chi connectivity index (χ4n) is 2.50.